The van der Waals surface area contributed by atoms with E-state index in [0.717, 1.165) is 79.1 Å². The topological polar surface area (TPSA) is 40.5 Å². The van der Waals surface area contributed by atoms with Crippen LogP contribution in [0, 0.1) is 6.92 Å². The van der Waals surface area contributed by atoms with Crippen LogP contribution in [0.5, 0.6) is 0 Å². The number of amides is 1. The highest BCUT2D eigenvalue weighted by Gasteiger charge is 2.19. The van der Waals surface area contributed by atoms with Crippen LogP contribution < -0.4 is 10.2 Å². The Morgan fingerprint density at radius 2 is 1.74 bits per heavy atom. The Morgan fingerprint density at radius 3 is 2.44 bits per heavy atom. The maximum Gasteiger partial charge on any atom is 0.253 e. The van der Waals surface area contributed by atoms with Crippen molar-refractivity contribution in [3.8, 4) is 11.3 Å². The van der Waals surface area contributed by atoms with Gasteiger partial charge in [-0.25, -0.2) is 0 Å². The summed E-state index contributed by atoms with van der Waals surface area (Å²) in [5.41, 5.74) is 5.38. The van der Waals surface area contributed by atoms with Crippen LogP contribution in [0.15, 0.2) is 65.1 Å². The molecule has 1 fully saturated rings. The summed E-state index contributed by atoms with van der Waals surface area (Å²) in [6, 6.07) is 20.9. The van der Waals surface area contributed by atoms with Gasteiger partial charge in [-0.1, -0.05) is 59.3 Å². The predicted molar refractivity (Wildman–Crippen MR) is 145 cm³/mol. The van der Waals surface area contributed by atoms with Crippen LogP contribution in [0.3, 0.4) is 0 Å². The Bertz CT molecular complexity index is 1090. The van der Waals surface area contributed by atoms with Crippen LogP contribution in [0.25, 0.3) is 11.3 Å². The summed E-state index contributed by atoms with van der Waals surface area (Å²) in [7, 11) is 0. The summed E-state index contributed by atoms with van der Waals surface area (Å²) in [5, 5.41) is 3.16. The van der Waals surface area contributed by atoms with Gasteiger partial charge in [0.25, 0.3) is 5.91 Å². The number of carbonyl (C=O) groups excluding carboxylic acids is 1. The molecule has 0 radical (unpaired) electrons. The van der Waals surface area contributed by atoms with Crippen LogP contribution in [0.4, 0.5) is 5.69 Å². The van der Waals surface area contributed by atoms with Crippen molar-refractivity contribution in [3.05, 3.63) is 76.4 Å². The average molecular weight is 524 g/mol. The number of hydrogen-bond acceptors (Lipinski definition) is 3. The summed E-state index contributed by atoms with van der Waals surface area (Å²) < 4.78 is 3.40. The molecule has 1 aliphatic heterocycles. The van der Waals surface area contributed by atoms with Gasteiger partial charge in [0.15, 0.2) is 0 Å². The molecule has 0 saturated carbocycles. The predicted octanol–water partition coefficient (Wildman–Crippen LogP) is 5.58. The van der Waals surface area contributed by atoms with E-state index in [-0.39, 0.29) is 5.91 Å². The van der Waals surface area contributed by atoms with Crippen LogP contribution in [0.2, 0.25) is 0 Å². The molecule has 2 heterocycles. The Hall–Kier alpha value is -2.57. The van der Waals surface area contributed by atoms with Crippen molar-refractivity contribution in [2.45, 2.75) is 33.2 Å². The van der Waals surface area contributed by atoms with Gasteiger partial charge in [0.05, 0.1) is 5.56 Å². The molecule has 4 rings (SSSR count). The second kappa shape index (κ2) is 11.7. The van der Waals surface area contributed by atoms with Crippen molar-refractivity contribution in [1.29, 1.82) is 0 Å². The fraction of sp³-hybridized carbons (Fsp3) is 0.393. The molecule has 6 heteroatoms. The second-order valence-electron chi connectivity index (χ2n) is 8.96. The number of carbonyl (C=O) groups is 1. The van der Waals surface area contributed by atoms with E-state index in [9.17, 15) is 4.79 Å². The third kappa shape index (κ3) is 5.91. The molecule has 5 nitrogen and oxygen atoms in total. The summed E-state index contributed by atoms with van der Waals surface area (Å²) in [5.74, 6) is 0.0315. The zero-order chi connectivity index (χ0) is 23.9. The number of nitrogens with one attached hydrogen (secondary N) is 1. The fourth-order valence-electron chi connectivity index (χ4n) is 4.74. The standard InChI is InChI=1S/C28H35BrN4O/c1-3-14-33-22(2)26(21-27(33)23-9-5-4-6-10-23)28(34)30-13-8-15-31-16-18-32(19-17-31)25-12-7-11-24(29)20-25/h4-7,9-12,20-21H,3,8,13-19H2,1-2H3,(H,30,34). The molecule has 180 valence electrons. The van der Waals surface area contributed by atoms with E-state index in [0.29, 0.717) is 6.54 Å². The van der Waals surface area contributed by atoms with Crippen molar-refractivity contribution in [1.82, 2.24) is 14.8 Å². The highest BCUT2D eigenvalue weighted by Crippen LogP contribution is 2.26. The maximum atomic E-state index is 13.0. The first-order chi connectivity index (χ1) is 16.6. The van der Waals surface area contributed by atoms with Gasteiger partial charge in [0.1, 0.15) is 0 Å². The van der Waals surface area contributed by atoms with E-state index in [1.54, 1.807) is 0 Å². The van der Waals surface area contributed by atoms with Crippen LogP contribution >= 0.6 is 15.9 Å². The van der Waals surface area contributed by atoms with Gasteiger partial charge < -0.3 is 14.8 Å². The van der Waals surface area contributed by atoms with Gasteiger partial charge in [-0.3, -0.25) is 9.69 Å². The molecule has 0 spiro atoms. The molecular weight excluding hydrogens is 488 g/mol. The van der Waals surface area contributed by atoms with Crippen molar-refractivity contribution in [2.75, 3.05) is 44.2 Å². The second-order valence-corrected chi connectivity index (χ2v) is 9.88. The first-order valence-electron chi connectivity index (χ1n) is 12.3. The first kappa shape index (κ1) is 24.6. The lowest BCUT2D eigenvalue weighted by Gasteiger charge is -2.36. The molecule has 3 aromatic rings. The van der Waals surface area contributed by atoms with E-state index < -0.39 is 0 Å². The molecule has 1 aromatic heterocycles. The van der Waals surface area contributed by atoms with E-state index in [1.807, 2.05) is 18.2 Å². The molecule has 0 atom stereocenters. The highest BCUT2D eigenvalue weighted by atomic mass is 79.9. The molecule has 0 bridgehead atoms. The molecule has 1 saturated heterocycles. The summed E-state index contributed by atoms with van der Waals surface area (Å²) >= 11 is 3.57. The molecular formula is C28H35BrN4O. The number of anilines is 1. The molecule has 1 N–H and O–H groups in total. The highest BCUT2D eigenvalue weighted by molar-refractivity contribution is 9.10. The number of benzene rings is 2. The molecule has 0 unspecified atom stereocenters. The zero-order valence-electron chi connectivity index (χ0n) is 20.3. The van der Waals surface area contributed by atoms with Gasteiger partial charge >= 0.3 is 0 Å². The summed E-state index contributed by atoms with van der Waals surface area (Å²) in [4.78, 5) is 17.9. The molecule has 1 aliphatic rings. The lowest BCUT2D eigenvalue weighted by atomic mass is 10.1. The van der Waals surface area contributed by atoms with Crippen molar-refractivity contribution >= 4 is 27.5 Å². The van der Waals surface area contributed by atoms with Crippen LogP contribution in [0.1, 0.15) is 35.8 Å². The number of hydrogen-bond donors (Lipinski definition) is 1. The van der Waals surface area contributed by atoms with Gasteiger partial charge in [-0.2, -0.15) is 0 Å². The number of rotatable bonds is 9. The van der Waals surface area contributed by atoms with E-state index in [1.165, 1.54) is 5.69 Å². The van der Waals surface area contributed by atoms with Gasteiger partial charge in [-0.15, -0.1) is 0 Å². The number of piperazine rings is 1. The van der Waals surface area contributed by atoms with Crippen molar-refractivity contribution in [3.63, 3.8) is 0 Å². The van der Waals surface area contributed by atoms with E-state index in [4.69, 9.17) is 0 Å². The lowest BCUT2D eigenvalue weighted by molar-refractivity contribution is 0.0950. The number of halogens is 1. The monoisotopic (exact) mass is 522 g/mol. The largest absolute Gasteiger partial charge is 0.369 e. The Morgan fingerprint density at radius 1 is 0.971 bits per heavy atom. The first-order valence-corrected chi connectivity index (χ1v) is 13.1. The lowest BCUT2D eigenvalue weighted by Crippen LogP contribution is -2.47. The molecule has 0 aliphatic carbocycles. The summed E-state index contributed by atoms with van der Waals surface area (Å²) in [6.45, 7) is 11.0. The van der Waals surface area contributed by atoms with E-state index >= 15 is 0 Å². The minimum atomic E-state index is 0.0315. The minimum absolute atomic E-state index is 0.0315. The van der Waals surface area contributed by atoms with E-state index in [2.05, 4.69) is 91.9 Å². The molecule has 34 heavy (non-hydrogen) atoms. The molecule has 1 amide bonds. The van der Waals surface area contributed by atoms with Gasteiger partial charge in [-0.05, 0) is 56.1 Å². The molecule has 2 aromatic carbocycles. The average Bonchev–Trinajstić information content (AvgIpc) is 3.19. The Kier molecular flexibility index (Phi) is 8.46. The smallest absolute Gasteiger partial charge is 0.253 e. The number of aromatic nitrogens is 1. The normalized spacial score (nSPS) is 14.4. The third-order valence-electron chi connectivity index (χ3n) is 6.61. The Balaban J connectivity index is 1.27. The maximum absolute atomic E-state index is 13.0. The summed E-state index contributed by atoms with van der Waals surface area (Å²) in [6.07, 6.45) is 1.99. The number of nitrogens with zero attached hydrogens (tertiary/aromatic N) is 3. The SMILES string of the molecule is CCCn1c(-c2ccccc2)cc(C(=O)NCCCN2CCN(c3cccc(Br)c3)CC2)c1C. The zero-order valence-corrected chi connectivity index (χ0v) is 21.9. The van der Waals surface area contributed by atoms with Gasteiger partial charge in [0.2, 0.25) is 0 Å². The quantitative estimate of drug-likeness (QED) is 0.373. The van der Waals surface area contributed by atoms with Gasteiger partial charge in [0, 0.05) is 60.8 Å². The van der Waals surface area contributed by atoms with Crippen LogP contribution in [-0.2, 0) is 6.54 Å². The fourth-order valence-corrected chi connectivity index (χ4v) is 5.12. The Labute approximate surface area is 211 Å². The van der Waals surface area contributed by atoms with Crippen molar-refractivity contribution in [2.24, 2.45) is 0 Å². The van der Waals surface area contributed by atoms with Crippen molar-refractivity contribution < 1.29 is 4.79 Å². The third-order valence-corrected chi connectivity index (χ3v) is 7.10. The minimum Gasteiger partial charge on any atom is -0.369 e. The van der Waals surface area contributed by atoms with Crippen LogP contribution in [-0.4, -0.2) is 54.6 Å².